The van der Waals surface area contributed by atoms with Crippen molar-refractivity contribution in [3.63, 3.8) is 0 Å². The van der Waals surface area contributed by atoms with Gasteiger partial charge in [0.05, 0.1) is 6.10 Å². The molecule has 23 heavy (non-hydrogen) atoms. The molecule has 1 aliphatic heterocycles. The van der Waals surface area contributed by atoms with Gasteiger partial charge in [0.1, 0.15) is 12.4 Å². The molecule has 1 saturated heterocycles. The van der Waals surface area contributed by atoms with Gasteiger partial charge in [0.2, 0.25) is 0 Å². The predicted octanol–water partition coefficient (Wildman–Crippen LogP) is 0.519. The fourth-order valence-corrected chi connectivity index (χ4v) is 2.71. The maximum Gasteiger partial charge on any atom is 0.251 e. The van der Waals surface area contributed by atoms with Crippen LogP contribution in [0.5, 0.6) is 5.75 Å². The highest BCUT2D eigenvalue weighted by atomic mass is 16.5. The van der Waals surface area contributed by atoms with E-state index in [0.717, 1.165) is 18.7 Å². The number of nitrogens with one attached hydrogen (secondary N) is 1. The first-order chi connectivity index (χ1) is 11.1. The highest BCUT2D eigenvalue weighted by molar-refractivity contribution is 5.94. The summed E-state index contributed by atoms with van der Waals surface area (Å²) in [5.41, 5.74) is 6.92. The van der Waals surface area contributed by atoms with Gasteiger partial charge >= 0.3 is 0 Å². The van der Waals surface area contributed by atoms with Gasteiger partial charge in [-0.25, -0.2) is 0 Å². The Morgan fingerprint density at radius 1 is 1.43 bits per heavy atom. The number of rotatable bonds is 8. The minimum absolute atomic E-state index is 0.205. The van der Waals surface area contributed by atoms with Crippen LogP contribution in [0.3, 0.4) is 0 Å². The SMILES string of the molecule is Cc1ccc(C(=O)NC[C@@H](O)CN2CCCC2)cc1OCCN. The number of carbonyl (C=O) groups is 1. The summed E-state index contributed by atoms with van der Waals surface area (Å²) in [4.78, 5) is 14.4. The molecule has 0 saturated carbocycles. The molecular formula is C17H27N3O3. The Morgan fingerprint density at radius 3 is 2.87 bits per heavy atom. The number of β-amino-alcohol motifs (C(OH)–C–C–N with tert-alkyl or cyclic N) is 1. The number of nitrogens with zero attached hydrogens (tertiary/aromatic N) is 1. The summed E-state index contributed by atoms with van der Waals surface area (Å²) in [6.07, 6.45) is 1.83. The van der Waals surface area contributed by atoms with E-state index in [0.29, 0.717) is 31.0 Å². The first kappa shape index (κ1) is 17.7. The summed E-state index contributed by atoms with van der Waals surface area (Å²) >= 11 is 0. The molecule has 6 heteroatoms. The van der Waals surface area contributed by atoms with Crippen molar-refractivity contribution in [2.45, 2.75) is 25.9 Å². The van der Waals surface area contributed by atoms with Gasteiger partial charge in [0.15, 0.2) is 0 Å². The van der Waals surface area contributed by atoms with E-state index >= 15 is 0 Å². The molecule has 0 spiro atoms. The van der Waals surface area contributed by atoms with Crippen molar-refractivity contribution >= 4 is 5.91 Å². The molecule has 4 N–H and O–H groups in total. The van der Waals surface area contributed by atoms with Gasteiger partial charge in [-0.3, -0.25) is 4.79 Å². The fourth-order valence-electron chi connectivity index (χ4n) is 2.71. The molecule has 0 aromatic heterocycles. The number of aliphatic hydroxyl groups is 1. The van der Waals surface area contributed by atoms with Gasteiger partial charge < -0.3 is 25.8 Å². The lowest BCUT2D eigenvalue weighted by Gasteiger charge is -2.19. The number of amides is 1. The van der Waals surface area contributed by atoms with Gasteiger partial charge in [0, 0.05) is 25.2 Å². The summed E-state index contributed by atoms with van der Waals surface area (Å²) < 4.78 is 5.53. The summed E-state index contributed by atoms with van der Waals surface area (Å²) in [7, 11) is 0. The van der Waals surface area contributed by atoms with Crippen LogP contribution >= 0.6 is 0 Å². The van der Waals surface area contributed by atoms with Crippen LogP contribution in [0.1, 0.15) is 28.8 Å². The third kappa shape index (κ3) is 5.49. The number of hydrogen-bond donors (Lipinski definition) is 3. The molecule has 6 nitrogen and oxygen atoms in total. The minimum Gasteiger partial charge on any atom is -0.492 e. The third-order valence-corrected chi connectivity index (χ3v) is 3.99. The number of benzene rings is 1. The van der Waals surface area contributed by atoms with E-state index in [4.69, 9.17) is 10.5 Å². The predicted molar refractivity (Wildman–Crippen MR) is 89.7 cm³/mol. The summed E-state index contributed by atoms with van der Waals surface area (Å²) in [6, 6.07) is 5.32. The van der Waals surface area contributed by atoms with Gasteiger partial charge in [-0.15, -0.1) is 0 Å². The Kier molecular flexibility index (Phi) is 6.83. The zero-order chi connectivity index (χ0) is 16.7. The molecule has 128 valence electrons. The normalized spacial score (nSPS) is 16.3. The van der Waals surface area contributed by atoms with E-state index in [1.54, 1.807) is 12.1 Å². The zero-order valence-electron chi connectivity index (χ0n) is 13.8. The number of aryl methyl sites for hydroxylation is 1. The highest BCUT2D eigenvalue weighted by Crippen LogP contribution is 2.19. The van der Waals surface area contributed by atoms with Crippen LogP contribution in [0, 0.1) is 6.92 Å². The lowest BCUT2D eigenvalue weighted by molar-refractivity contribution is 0.0879. The van der Waals surface area contributed by atoms with Crippen LogP contribution in [0.4, 0.5) is 0 Å². The summed E-state index contributed by atoms with van der Waals surface area (Å²) in [5.74, 6) is 0.462. The van der Waals surface area contributed by atoms with Crippen LogP contribution in [0.15, 0.2) is 18.2 Å². The Hall–Kier alpha value is -1.63. The molecule has 0 bridgehead atoms. The maximum absolute atomic E-state index is 12.2. The minimum atomic E-state index is -0.546. The molecule has 1 heterocycles. The monoisotopic (exact) mass is 321 g/mol. The van der Waals surface area contributed by atoms with Crippen molar-refractivity contribution < 1.29 is 14.6 Å². The molecule has 1 aromatic rings. The number of aliphatic hydroxyl groups excluding tert-OH is 1. The number of likely N-dealkylation sites (tertiary alicyclic amines) is 1. The first-order valence-electron chi connectivity index (χ1n) is 8.22. The molecule has 2 rings (SSSR count). The number of hydrogen-bond acceptors (Lipinski definition) is 5. The standard InChI is InChI=1S/C17H27N3O3/c1-13-4-5-14(10-16(13)23-9-6-18)17(22)19-11-15(21)12-20-7-2-3-8-20/h4-5,10,15,21H,2-3,6-9,11-12,18H2,1H3,(H,19,22)/t15-/m1/s1. The largest absolute Gasteiger partial charge is 0.492 e. The van der Waals surface area contributed by atoms with Crippen LogP contribution in [0.2, 0.25) is 0 Å². The van der Waals surface area contributed by atoms with E-state index in [9.17, 15) is 9.90 Å². The average Bonchev–Trinajstić information content (AvgIpc) is 3.04. The van der Waals surface area contributed by atoms with Gasteiger partial charge in [0.25, 0.3) is 5.91 Å². The van der Waals surface area contributed by atoms with Gasteiger partial charge in [-0.2, -0.15) is 0 Å². The zero-order valence-corrected chi connectivity index (χ0v) is 13.8. The second-order valence-corrected chi connectivity index (χ2v) is 5.99. The summed E-state index contributed by atoms with van der Waals surface area (Å²) in [5, 5.41) is 12.8. The Morgan fingerprint density at radius 2 is 2.17 bits per heavy atom. The second-order valence-electron chi connectivity index (χ2n) is 5.99. The average molecular weight is 321 g/mol. The molecule has 1 aromatic carbocycles. The summed E-state index contributed by atoms with van der Waals surface area (Å²) in [6.45, 7) is 5.70. The van der Waals surface area contributed by atoms with Crippen molar-refractivity contribution in [1.29, 1.82) is 0 Å². The molecular weight excluding hydrogens is 294 g/mol. The van der Waals surface area contributed by atoms with E-state index in [-0.39, 0.29) is 12.5 Å². The molecule has 0 unspecified atom stereocenters. The number of ether oxygens (including phenoxy) is 1. The van der Waals surface area contributed by atoms with E-state index in [2.05, 4.69) is 10.2 Å². The van der Waals surface area contributed by atoms with Crippen LogP contribution in [0.25, 0.3) is 0 Å². The lowest BCUT2D eigenvalue weighted by Crippen LogP contribution is -2.39. The van der Waals surface area contributed by atoms with Crippen LogP contribution in [-0.2, 0) is 0 Å². The van der Waals surface area contributed by atoms with Gasteiger partial charge in [-0.05, 0) is 50.6 Å². The Balaban J connectivity index is 1.84. The quantitative estimate of drug-likeness (QED) is 0.650. The molecule has 1 atom stereocenters. The van der Waals surface area contributed by atoms with E-state index in [1.165, 1.54) is 12.8 Å². The molecule has 0 radical (unpaired) electrons. The van der Waals surface area contributed by atoms with E-state index in [1.807, 2.05) is 13.0 Å². The van der Waals surface area contributed by atoms with Crippen molar-refractivity contribution in [3.8, 4) is 5.75 Å². The number of nitrogens with two attached hydrogens (primary N) is 1. The van der Waals surface area contributed by atoms with Crippen LogP contribution in [-0.4, -0.2) is 61.3 Å². The first-order valence-corrected chi connectivity index (χ1v) is 8.22. The van der Waals surface area contributed by atoms with Crippen LogP contribution < -0.4 is 15.8 Å². The van der Waals surface area contributed by atoms with Crippen molar-refractivity contribution in [2.24, 2.45) is 5.73 Å². The molecule has 1 amide bonds. The molecule has 1 aliphatic rings. The lowest BCUT2D eigenvalue weighted by atomic mass is 10.1. The number of carbonyl (C=O) groups excluding carboxylic acids is 1. The van der Waals surface area contributed by atoms with Crippen molar-refractivity contribution in [1.82, 2.24) is 10.2 Å². The fraction of sp³-hybridized carbons (Fsp3) is 0.588. The Labute approximate surface area is 137 Å². The second kappa shape index (κ2) is 8.86. The van der Waals surface area contributed by atoms with Crippen molar-refractivity contribution in [3.05, 3.63) is 29.3 Å². The topological polar surface area (TPSA) is 87.8 Å². The maximum atomic E-state index is 12.2. The van der Waals surface area contributed by atoms with Gasteiger partial charge in [-0.1, -0.05) is 6.07 Å². The van der Waals surface area contributed by atoms with E-state index < -0.39 is 6.10 Å². The highest BCUT2D eigenvalue weighted by Gasteiger charge is 2.17. The van der Waals surface area contributed by atoms with Crippen molar-refractivity contribution in [2.75, 3.05) is 39.3 Å². The molecule has 0 aliphatic carbocycles. The smallest absolute Gasteiger partial charge is 0.251 e. The Bertz CT molecular complexity index is 516. The molecule has 1 fully saturated rings. The third-order valence-electron chi connectivity index (χ3n) is 3.99.